The third-order valence-electron chi connectivity index (χ3n) is 3.74. The average molecular weight is 280 g/mol. The van der Waals surface area contributed by atoms with Crippen LogP contribution in [0.5, 0.6) is 0 Å². The van der Waals surface area contributed by atoms with Gasteiger partial charge in [0.1, 0.15) is 0 Å². The summed E-state index contributed by atoms with van der Waals surface area (Å²) in [6, 6.07) is 0. The number of rotatable bonds is 15. The predicted octanol–water partition coefficient (Wildman–Crippen LogP) is 6.18. The first-order chi connectivity index (χ1) is 9.81. The zero-order chi connectivity index (χ0) is 14.9. The molecule has 0 spiro atoms. The molecule has 0 radical (unpaired) electrons. The maximum Gasteiger partial charge on any atom is 0.0755 e. The highest BCUT2D eigenvalue weighted by atomic mass is 16.3. The number of hydrogen-bond acceptors (Lipinski definition) is 1. The smallest absolute Gasteiger partial charge is 0.0755 e. The molecule has 1 atom stereocenters. The molecular formula is C19H36O. The average Bonchev–Trinajstić information content (AvgIpc) is 2.44. The van der Waals surface area contributed by atoms with Crippen LogP contribution in [0.25, 0.3) is 0 Å². The zero-order valence-corrected chi connectivity index (χ0v) is 13.7. The summed E-state index contributed by atoms with van der Waals surface area (Å²) in [4.78, 5) is 0. The van der Waals surface area contributed by atoms with E-state index in [1.807, 2.05) is 6.08 Å². The van der Waals surface area contributed by atoms with Gasteiger partial charge in [-0.25, -0.2) is 0 Å². The molecule has 1 nitrogen and oxygen atoms in total. The van der Waals surface area contributed by atoms with Crippen molar-refractivity contribution in [3.8, 4) is 0 Å². The van der Waals surface area contributed by atoms with Crippen molar-refractivity contribution in [1.82, 2.24) is 0 Å². The van der Waals surface area contributed by atoms with E-state index < -0.39 is 0 Å². The summed E-state index contributed by atoms with van der Waals surface area (Å²) in [7, 11) is 0. The lowest BCUT2D eigenvalue weighted by molar-refractivity contribution is 0.226. The van der Waals surface area contributed by atoms with E-state index >= 15 is 0 Å². The van der Waals surface area contributed by atoms with E-state index in [0.29, 0.717) is 6.42 Å². The number of aliphatic hydroxyl groups excluding tert-OH is 1. The lowest BCUT2D eigenvalue weighted by Crippen LogP contribution is -1.98. The van der Waals surface area contributed by atoms with E-state index in [4.69, 9.17) is 0 Å². The molecule has 1 heteroatoms. The van der Waals surface area contributed by atoms with Gasteiger partial charge >= 0.3 is 0 Å². The van der Waals surface area contributed by atoms with Gasteiger partial charge in [-0.2, -0.15) is 0 Å². The molecule has 20 heavy (non-hydrogen) atoms. The van der Waals surface area contributed by atoms with Gasteiger partial charge in [0.2, 0.25) is 0 Å². The van der Waals surface area contributed by atoms with Crippen molar-refractivity contribution < 1.29 is 5.11 Å². The fraction of sp³-hybridized carbons (Fsp3) is 0.789. The summed E-state index contributed by atoms with van der Waals surface area (Å²) in [5.74, 6) is 0. The van der Waals surface area contributed by atoms with Crippen LogP contribution in [-0.4, -0.2) is 11.2 Å². The standard InChI is InChI=1S/C19H36O/c1-3-5-6-7-8-9-10-11-12-13-14-15-16-18-19(20)17-4-2/h4,16,18-20H,2-3,5-15,17H2,1H3/b18-16+/t19-/m0/s1. The van der Waals surface area contributed by atoms with E-state index in [1.165, 1.54) is 70.6 Å². The van der Waals surface area contributed by atoms with Crippen LogP contribution in [0.3, 0.4) is 0 Å². The fourth-order valence-electron chi connectivity index (χ4n) is 2.43. The molecule has 0 aromatic heterocycles. The Labute approximate surface area is 127 Å². The van der Waals surface area contributed by atoms with Crippen LogP contribution in [0.15, 0.2) is 24.8 Å². The van der Waals surface area contributed by atoms with Gasteiger partial charge in [0.05, 0.1) is 6.10 Å². The molecule has 0 aliphatic carbocycles. The lowest BCUT2D eigenvalue weighted by atomic mass is 10.1. The Morgan fingerprint density at radius 3 is 1.85 bits per heavy atom. The molecule has 0 heterocycles. The minimum absolute atomic E-state index is 0.333. The Morgan fingerprint density at radius 2 is 1.35 bits per heavy atom. The quantitative estimate of drug-likeness (QED) is 0.280. The van der Waals surface area contributed by atoms with Crippen molar-refractivity contribution in [2.24, 2.45) is 0 Å². The van der Waals surface area contributed by atoms with Crippen molar-refractivity contribution in [3.63, 3.8) is 0 Å². The Balaban J connectivity index is 3.11. The van der Waals surface area contributed by atoms with Gasteiger partial charge in [-0.1, -0.05) is 89.4 Å². The molecule has 0 saturated carbocycles. The van der Waals surface area contributed by atoms with E-state index in [9.17, 15) is 5.11 Å². The number of aliphatic hydroxyl groups is 1. The minimum Gasteiger partial charge on any atom is -0.389 e. The first-order valence-corrected chi connectivity index (χ1v) is 8.76. The molecule has 0 rings (SSSR count). The Bertz CT molecular complexity index is 220. The molecule has 0 saturated heterocycles. The molecule has 0 fully saturated rings. The molecule has 1 N–H and O–H groups in total. The largest absolute Gasteiger partial charge is 0.389 e. The van der Waals surface area contributed by atoms with Crippen molar-refractivity contribution >= 4 is 0 Å². The first-order valence-electron chi connectivity index (χ1n) is 8.76. The summed E-state index contributed by atoms with van der Waals surface area (Å²) in [5, 5.41) is 9.47. The van der Waals surface area contributed by atoms with E-state index in [0.717, 1.165) is 6.42 Å². The van der Waals surface area contributed by atoms with Gasteiger partial charge < -0.3 is 5.11 Å². The molecule has 0 amide bonds. The summed E-state index contributed by atoms with van der Waals surface area (Å²) in [5.41, 5.74) is 0. The van der Waals surface area contributed by atoms with E-state index in [2.05, 4.69) is 19.6 Å². The molecular weight excluding hydrogens is 244 g/mol. The topological polar surface area (TPSA) is 20.2 Å². The summed E-state index contributed by atoms with van der Waals surface area (Å²) >= 11 is 0. The third-order valence-corrected chi connectivity index (χ3v) is 3.74. The molecule has 0 aromatic rings. The van der Waals surface area contributed by atoms with Crippen molar-refractivity contribution in [3.05, 3.63) is 24.8 Å². The summed E-state index contributed by atoms with van der Waals surface area (Å²) < 4.78 is 0. The van der Waals surface area contributed by atoms with Crippen LogP contribution >= 0.6 is 0 Å². The van der Waals surface area contributed by atoms with Gasteiger partial charge in [-0.15, -0.1) is 6.58 Å². The minimum atomic E-state index is -0.333. The molecule has 0 aliphatic rings. The third kappa shape index (κ3) is 15.5. The zero-order valence-electron chi connectivity index (χ0n) is 13.7. The van der Waals surface area contributed by atoms with Crippen LogP contribution in [0.1, 0.15) is 90.4 Å². The molecule has 118 valence electrons. The predicted molar refractivity (Wildman–Crippen MR) is 91.0 cm³/mol. The van der Waals surface area contributed by atoms with Crippen LogP contribution in [0.4, 0.5) is 0 Å². The van der Waals surface area contributed by atoms with Gasteiger partial charge in [0, 0.05) is 0 Å². The van der Waals surface area contributed by atoms with Gasteiger partial charge in [-0.05, 0) is 19.3 Å². The van der Waals surface area contributed by atoms with E-state index in [-0.39, 0.29) is 6.10 Å². The fourth-order valence-corrected chi connectivity index (χ4v) is 2.43. The normalized spacial score (nSPS) is 12.9. The Kier molecular flexibility index (Phi) is 16.0. The second-order valence-electron chi connectivity index (χ2n) is 5.84. The van der Waals surface area contributed by atoms with Gasteiger partial charge in [0.15, 0.2) is 0 Å². The maximum absolute atomic E-state index is 9.47. The van der Waals surface area contributed by atoms with Gasteiger partial charge in [-0.3, -0.25) is 0 Å². The van der Waals surface area contributed by atoms with Crippen LogP contribution in [-0.2, 0) is 0 Å². The van der Waals surface area contributed by atoms with Gasteiger partial charge in [0.25, 0.3) is 0 Å². The molecule has 0 bridgehead atoms. The molecule has 0 aromatic carbocycles. The monoisotopic (exact) mass is 280 g/mol. The molecule has 0 aliphatic heterocycles. The SMILES string of the molecule is C=CC[C@H](O)/C=C/CCCCCCCCCCCCC. The van der Waals surface area contributed by atoms with Crippen LogP contribution in [0, 0.1) is 0 Å². The van der Waals surface area contributed by atoms with Crippen LogP contribution < -0.4 is 0 Å². The number of allylic oxidation sites excluding steroid dienone is 1. The highest BCUT2D eigenvalue weighted by Gasteiger charge is 1.94. The summed E-state index contributed by atoms with van der Waals surface area (Å²) in [6.07, 6.45) is 22.5. The second kappa shape index (κ2) is 16.5. The highest BCUT2D eigenvalue weighted by molar-refractivity contribution is 4.91. The lowest BCUT2D eigenvalue weighted by Gasteiger charge is -2.02. The number of unbranched alkanes of at least 4 members (excludes halogenated alkanes) is 11. The summed E-state index contributed by atoms with van der Waals surface area (Å²) in [6.45, 7) is 5.89. The number of hydrogen-bond donors (Lipinski definition) is 1. The van der Waals surface area contributed by atoms with E-state index in [1.54, 1.807) is 6.08 Å². The molecule has 0 unspecified atom stereocenters. The Hall–Kier alpha value is -0.560. The maximum atomic E-state index is 9.47. The van der Waals surface area contributed by atoms with Crippen LogP contribution in [0.2, 0.25) is 0 Å². The first kappa shape index (κ1) is 19.4. The van der Waals surface area contributed by atoms with Crippen molar-refractivity contribution in [2.75, 3.05) is 0 Å². The van der Waals surface area contributed by atoms with Crippen molar-refractivity contribution in [2.45, 2.75) is 96.5 Å². The second-order valence-corrected chi connectivity index (χ2v) is 5.84. The Morgan fingerprint density at radius 1 is 0.850 bits per heavy atom. The highest BCUT2D eigenvalue weighted by Crippen LogP contribution is 2.12. The van der Waals surface area contributed by atoms with Crippen molar-refractivity contribution in [1.29, 1.82) is 0 Å².